The lowest BCUT2D eigenvalue weighted by Gasteiger charge is -2.35. The van der Waals surface area contributed by atoms with Gasteiger partial charge < -0.3 is 9.80 Å². The Bertz CT molecular complexity index is 186. The van der Waals surface area contributed by atoms with Crippen LogP contribution in [0.25, 0.3) is 0 Å². The van der Waals surface area contributed by atoms with E-state index in [0.717, 1.165) is 17.6 Å². The van der Waals surface area contributed by atoms with Crippen LogP contribution in [0.2, 0.25) is 0 Å². The predicted octanol–water partition coefficient (Wildman–Crippen LogP) is 1.58. The Hall–Kier alpha value is 0.270. The summed E-state index contributed by atoms with van der Waals surface area (Å²) in [5.74, 6) is 2.80. The van der Waals surface area contributed by atoms with Crippen molar-refractivity contribution in [2.75, 3.05) is 45.0 Å². The molecule has 1 unspecified atom stereocenters. The van der Waals surface area contributed by atoms with E-state index in [1.54, 1.807) is 0 Å². The topological polar surface area (TPSA) is 6.48 Å². The van der Waals surface area contributed by atoms with Crippen molar-refractivity contribution in [3.05, 3.63) is 0 Å². The Morgan fingerprint density at radius 1 is 1.13 bits per heavy atom. The molecule has 15 heavy (non-hydrogen) atoms. The molecule has 1 atom stereocenters. The lowest BCUT2D eigenvalue weighted by Crippen LogP contribution is -2.48. The molecule has 88 valence electrons. The van der Waals surface area contributed by atoms with Gasteiger partial charge in [0.25, 0.3) is 0 Å². The van der Waals surface area contributed by atoms with Crippen LogP contribution in [0.5, 0.6) is 0 Å². The first kappa shape index (κ1) is 11.7. The molecule has 3 heteroatoms. The second kappa shape index (κ2) is 5.55. The fourth-order valence-corrected chi connectivity index (χ4v) is 2.43. The molecule has 1 aliphatic heterocycles. The Kier molecular flexibility index (Phi) is 4.35. The largest absolute Gasteiger partial charge is 0.301 e. The molecule has 0 bridgehead atoms. The summed E-state index contributed by atoms with van der Waals surface area (Å²) < 4.78 is 0. The second-order valence-electron chi connectivity index (χ2n) is 5.33. The van der Waals surface area contributed by atoms with Gasteiger partial charge in [-0.15, -0.1) is 0 Å². The maximum Gasteiger partial charge on any atom is 0.0110 e. The molecule has 0 radical (unpaired) electrons. The summed E-state index contributed by atoms with van der Waals surface area (Å²) in [5.41, 5.74) is 0. The zero-order chi connectivity index (χ0) is 10.7. The Morgan fingerprint density at radius 2 is 1.73 bits per heavy atom. The van der Waals surface area contributed by atoms with Crippen LogP contribution in [0.3, 0.4) is 0 Å². The van der Waals surface area contributed by atoms with E-state index in [1.165, 1.54) is 52.1 Å². The SMILES string of the molecule is CC(CS)CN1CCN(CC2CC2)CC1. The van der Waals surface area contributed by atoms with E-state index in [4.69, 9.17) is 0 Å². The minimum absolute atomic E-state index is 0.739. The van der Waals surface area contributed by atoms with Gasteiger partial charge in [0.2, 0.25) is 0 Å². The van der Waals surface area contributed by atoms with Gasteiger partial charge in [0.05, 0.1) is 0 Å². The molecule has 1 saturated heterocycles. The highest BCUT2D eigenvalue weighted by Crippen LogP contribution is 2.29. The molecular weight excluding hydrogens is 204 g/mol. The molecule has 2 fully saturated rings. The van der Waals surface area contributed by atoms with Crippen LogP contribution in [-0.4, -0.2) is 54.8 Å². The van der Waals surface area contributed by atoms with Gasteiger partial charge >= 0.3 is 0 Å². The average Bonchev–Trinajstić information content (AvgIpc) is 3.05. The fraction of sp³-hybridized carbons (Fsp3) is 1.00. The van der Waals surface area contributed by atoms with Gasteiger partial charge in [0, 0.05) is 39.3 Å². The minimum atomic E-state index is 0.739. The monoisotopic (exact) mass is 228 g/mol. The summed E-state index contributed by atoms with van der Waals surface area (Å²) >= 11 is 4.35. The number of hydrogen-bond acceptors (Lipinski definition) is 3. The quantitative estimate of drug-likeness (QED) is 0.714. The molecule has 0 aromatic rings. The van der Waals surface area contributed by atoms with Gasteiger partial charge in [-0.2, -0.15) is 12.6 Å². The number of rotatable bonds is 5. The van der Waals surface area contributed by atoms with E-state index >= 15 is 0 Å². The summed E-state index contributed by atoms with van der Waals surface area (Å²) in [4.78, 5) is 5.25. The van der Waals surface area contributed by atoms with Gasteiger partial charge in [-0.3, -0.25) is 0 Å². The first-order valence-electron chi connectivity index (χ1n) is 6.33. The highest BCUT2D eigenvalue weighted by molar-refractivity contribution is 7.80. The third kappa shape index (κ3) is 3.97. The molecule has 1 saturated carbocycles. The van der Waals surface area contributed by atoms with Crippen LogP contribution in [0, 0.1) is 11.8 Å². The summed E-state index contributed by atoms with van der Waals surface area (Å²) in [6.45, 7) is 10.0. The molecular formula is C12H24N2S. The lowest BCUT2D eigenvalue weighted by molar-refractivity contribution is 0.119. The van der Waals surface area contributed by atoms with Crippen molar-refractivity contribution in [2.45, 2.75) is 19.8 Å². The van der Waals surface area contributed by atoms with Crippen molar-refractivity contribution in [1.82, 2.24) is 9.80 Å². The smallest absolute Gasteiger partial charge is 0.0110 e. The maximum absolute atomic E-state index is 4.35. The van der Waals surface area contributed by atoms with Crippen molar-refractivity contribution in [2.24, 2.45) is 11.8 Å². The highest BCUT2D eigenvalue weighted by atomic mass is 32.1. The van der Waals surface area contributed by atoms with Crippen LogP contribution in [0.4, 0.5) is 0 Å². The van der Waals surface area contributed by atoms with E-state index in [2.05, 4.69) is 29.4 Å². The fourth-order valence-electron chi connectivity index (χ4n) is 2.32. The van der Waals surface area contributed by atoms with Gasteiger partial charge in [-0.25, -0.2) is 0 Å². The van der Waals surface area contributed by atoms with E-state index in [-0.39, 0.29) is 0 Å². The standard InChI is InChI=1S/C12H24N2S/c1-11(10-15)8-13-4-6-14(7-5-13)9-12-2-3-12/h11-12,15H,2-10H2,1H3. The van der Waals surface area contributed by atoms with Crippen LogP contribution in [0.15, 0.2) is 0 Å². The van der Waals surface area contributed by atoms with Crippen LogP contribution in [0.1, 0.15) is 19.8 Å². The summed E-state index contributed by atoms with van der Waals surface area (Å²) in [7, 11) is 0. The molecule has 0 N–H and O–H groups in total. The zero-order valence-electron chi connectivity index (χ0n) is 9.86. The van der Waals surface area contributed by atoms with E-state index in [9.17, 15) is 0 Å². The van der Waals surface area contributed by atoms with Crippen molar-refractivity contribution < 1.29 is 0 Å². The number of thiol groups is 1. The van der Waals surface area contributed by atoms with Crippen LogP contribution in [-0.2, 0) is 0 Å². The molecule has 0 aromatic carbocycles. The number of nitrogens with zero attached hydrogens (tertiary/aromatic N) is 2. The first-order chi connectivity index (χ1) is 7.28. The summed E-state index contributed by atoms with van der Waals surface area (Å²) in [5, 5.41) is 0. The van der Waals surface area contributed by atoms with Gasteiger partial charge in [-0.05, 0) is 30.4 Å². The van der Waals surface area contributed by atoms with Crippen molar-refractivity contribution in [1.29, 1.82) is 0 Å². The molecule has 0 spiro atoms. The Morgan fingerprint density at radius 3 is 2.27 bits per heavy atom. The second-order valence-corrected chi connectivity index (χ2v) is 5.70. The molecule has 2 rings (SSSR count). The van der Waals surface area contributed by atoms with Crippen LogP contribution >= 0.6 is 12.6 Å². The Labute approximate surface area is 99.4 Å². The molecule has 0 amide bonds. The van der Waals surface area contributed by atoms with E-state index in [1.807, 2.05) is 0 Å². The lowest BCUT2D eigenvalue weighted by atomic mass is 10.2. The van der Waals surface area contributed by atoms with E-state index in [0.29, 0.717) is 0 Å². The summed E-state index contributed by atoms with van der Waals surface area (Å²) in [6.07, 6.45) is 2.97. The molecule has 1 aliphatic carbocycles. The van der Waals surface area contributed by atoms with E-state index < -0.39 is 0 Å². The third-order valence-corrected chi connectivity index (χ3v) is 4.18. The van der Waals surface area contributed by atoms with Gasteiger partial charge in [-0.1, -0.05) is 6.92 Å². The first-order valence-corrected chi connectivity index (χ1v) is 6.96. The average molecular weight is 228 g/mol. The van der Waals surface area contributed by atoms with Gasteiger partial charge in [0.1, 0.15) is 0 Å². The highest BCUT2D eigenvalue weighted by Gasteiger charge is 2.26. The normalized spacial score (nSPS) is 26.8. The molecule has 2 aliphatic rings. The third-order valence-electron chi connectivity index (χ3n) is 3.56. The van der Waals surface area contributed by atoms with Crippen LogP contribution < -0.4 is 0 Å². The molecule has 2 nitrogen and oxygen atoms in total. The Balaban J connectivity index is 1.62. The summed E-state index contributed by atoms with van der Waals surface area (Å²) in [6, 6.07) is 0. The molecule has 0 aromatic heterocycles. The number of piperazine rings is 1. The maximum atomic E-state index is 4.35. The van der Waals surface area contributed by atoms with Gasteiger partial charge in [0.15, 0.2) is 0 Å². The predicted molar refractivity (Wildman–Crippen MR) is 68.6 cm³/mol. The minimum Gasteiger partial charge on any atom is -0.301 e. The van der Waals surface area contributed by atoms with Crippen molar-refractivity contribution >= 4 is 12.6 Å². The van der Waals surface area contributed by atoms with Crippen molar-refractivity contribution in [3.8, 4) is 0 Å². The number of hydrogen-bond donors (Lipinski definition) is 1. The zero-order valence-corrected chi connectivity index (χ0v) is 10.8. The van der Waals surface area contributed by atoms with Crippen molar-refractivity contribution in [3.63, 3.8) is 0 Å². The molecule has 1 heterocycles.